The Morgan fingerprint density at radius 3 is 2.45 bits per heavy atom. The van der Waals surface area contributed by atoms with E-state index in [4.69, 9.17) is 0 Å². The van der Waals surface area contributed by atoms with Crippen LogP contribution in [0.15, 0.2) is 18.2 Å². The first-order chi connectivity index (χ1) is 9.38. The summed E-state index contributed by atoms with van der Waals surface area (Å²) >= 11 is 0. The molecule has 0 aromatic heterocycles. The van der Waals surface area contributed by atoms with Crippen molar-refractivity contribution in [3.63, 3.8) is 0 Å². The zero-order chi connectivity index (χ0) is 15.3. The van der Waals surface area contributed by atoms with Crippen molar-refractivity contribution in [3.05, 3.63) is 33.9 Å². The van der Waals surface area contributed by atoms with Gasteiger partial charge in [-0.05, 0) is 26.2 Å². The van der Waals surface area contributed by atoms with Gasteiger partial charge in [0.2, 0.25) is 0 Å². The van der Waals surface area contributed by atoms with E-state index in [1.165, 1.54) is 11.0 Å². The molecule has 1 amide bonds. The van der Waals surface area contributed by atoms with Crippen molar-refractivity contribution in [1.29, 1.82) is 0 Å². The molecule has 0 atom stereocenters. The number of hydrogen-bond acceptors (Lipinski definition) is 5. The van der Waals surface area contributed by atoms with Crippen LogP contribution in [0.4, 0.5) is 11.4 Å². The average Bonchev–Trinajstić information content (AvgIpc) is 2.42. The van der Waals surface area contributed by atoms with Crippen molar-refractivity contribution in [2.24, 2.45) is 0 Å². The maximum absolute atomic E-state index is 12.3. The Kier molecular flexibility index (Phi) is 5.45. The van der Waals surface area contributed by atoms with Crippen molar-refractivity contribution in [3.8, 4) is 0 Å². The zero-order valence-electron chi connectivity index (χ0n) is 12.2. The molecule has 0 saturated heterocycles. The number of carbonyl (C=O) groups is 1. The van der Waals surface area contributed by atoms with Gasteiger partial charge >= 0.3 is 5.69 Å². The highest BCUT2D eigenvalue weighted by atomic mass is 16.6. The summed E-state index contributed by atoms with van der Waals surface area (Å²) in [5.41, 5.74) is 0.252. The number of hydrogen-bond donors (Lipinski definition) is 1. The van der Waals surface area contributed by atoms with Gasteiger partial charge in [0, 0.05) is 27.2 Å². The predicted molar refractivity (Wildman–Crippen MR) is 78.2 cm³/mol. The number of carbonyl (C=O) groups excluding carboxylic acids is 1. The minimum Gasteiger partial charge on any atom is -0.383 e. The van der Waals surface area contributed by atoms with Crippen LogP contribution >= 0.6 is 0 Å². The molecule has 1 rings (SSSR count). The SMILES string of the molecule is CNc1cccc(C(=O)N(C)CCN(C)C)c1[N+](=O)[O-]. The second kappa shape index (κ2) is 6.85. The van der Waals surface area contributed by atoms with E-state index in [1.54, 1.807) is 26.2 Å². The van der Waals surface area contributed by atoms with Crippen LogP contribution in [0.1, 0.15) is 10.4 Å². The van der Waals surface area contributed by atoms with Crippen LogP contribution in [-0.4, -0.2) is 61.9 Å². The molecule has 20 heavy (non-hydrogen) atoms. The highest BCUT2D eigenvalue weighted by molar-refractivity contribution is 6.00. The largest absolute Gasteiger partial charge is 0.383 e. The lowest BCUT2D eigenvalue weighted by atomic mass is 10.1. The van der Waals surface area contributed by atoms with Gasteiger partial charge in [-0.15, -0.1) is 0 Å². The third-order valence-corrected chi connectivity index (χ3v) is 2.95. The molecule has 1 N–H and O–H groups in total. The Morgan fingerprint density at radius 1 is 1.30 bits per heavy atom. The van der Waals surface area contributed by atoms with Crippen molar-refractivity contribution >= 4 is 17.3 Å². The maximum atomic E-state index is 12.3. The Labute approximate surface area is 118 Å². The number of nitro groups is 1. The van der Waals surface area contributed by atoms with Crippen LogP contribution in [0.5, 0.6) is 0 Å². The van der Waals surface area contributed by atoms with E-state index in [0.29, 0.717) is 18.8 Å². The van der Waals surface area contributed by atoms with E-state index in [2.05, 4.69) is 5.32 Å². The van der Waals surface area contributed by atoms with Gasteiger partial charge in [-0.3, -0.25) is 14.9 Å². The van der Waals surface area contributed by atoms with Gasteiger partial charge in [0.1, 0.15) is 11.3 Å². The quantitative estimate of drug-likeness (QED) is 0.627. The minimum atomic E-state index is -0.529. The number of nitro benzene ring substituents is 1. The van der Waals surface area contributed by atoms with Gasteiger partial charge < -0.3 is 15.1 Å². The van der Waals surface area contributed by atoms with E-state index in [9.17, 15) is 14.9 Å². The number of rotatable bonds is 6. The number of anilines is 1. The number of nitrogens with zero attached hydrogens (tertiary/aromatic N) is 3. The van der Waals surface area contributed by atoms with Crippen molar-refractivity contribution in [2.45, 2.75) is 0 Å². The first-order valence-corrected chi connectivity index (χ1v) is 6.23. The lowest BCUT2D eigenvalue weighted by Crippen LogP contribution is -2.33. The summed E-state index contributed by atoms with van der Waals surface area (Å²) in [4.78, 5) is 26.4. The van der Waals surface area contributed by atoms with E-state index in [1.807, 2.05) is 19.0 Å². The third kappa shape index (κ3) is 3.67. The summed E-state index contributed by atoms with van der Waals surface area (Å²) in [7, 11) is 7.04. The fourth-order valence-electron chi connectivity index (χ4n) is 1.77. The summed E-state index contributed by atoms with van der Waals surface area (Å²) in [6.07, 6.45) is 0. The van der Waals surface area contributed by atoms with E-state index < -0.39 is 4.92 Å². The van der Waals surface area contributed by atoms with Crippen LogP contribution < -0.4 is 5.32 Å². The average molecular weight is 280 g/mol. The molecule has 0 bridgehead atoms. The van der Waals surface area contributed by atoms with Crippen LogP contribution in [0.3, 0.4) is 0 Å². The molecule has 0 aliphatic carbocycles. The molecular formula is C13H20N4O3. The molecule has 0 aliphatic heterocycles. The Hall–Kier alpha value is -2.15. The highest BCUT2D eigenvalue weighted by Crippen LogP contribution is 2.28. The lowest BCUT2D eigenvalue weighted by Gasteiger charge is -2.20. The molecular weight excluding hydrogens is 260 g/mol. The van der Waals surface area contributed by atoms with E-state index in [-0.39, 0.29) is 17.2 Å². The Bertz CT molecular complexity index is 502. The summed E-state index contributed by atoms with van der Waals surface area (Å²) in [5.74, 6) is -0.351. The van der Waals surface area contributed by atoms with Gasteiger partial charge in [-0.25, -0.2) is 0 Å². The fraction of sp³-hybridized carbons (Fsp3) is 0.462. The van der Waals surface area contributed by atoms with Crippen molar-refractivity contribution in [1.82, 2.24) is 9.80 Å². The van der Waals surface area contributed by atoms with Crippen molar-refractivity contribution in [2.75, 3.05) is 46.6 Å². The summed E-state index contributed by atoms with van der Waals surface area (Å²) in [6, 6.07) is 4.69. The van der Waals surface area contributed by atoms with Crippen LogP contribution in [0, 0.1) is 10.1 Å². The molecule has 0 aliphatic rings. The summed E-state index contributed by atoms with van der Waals surface area (Å²) < 4.78 is 0. The minimum absolute atomic E-state index is 0.100. The molecule has 0 saturated carbocycles. The van der Waals surface area contributed by atoms with Gasteiger partial charge in [-0.1, -0.05) is 6.07 Å². The molecule has 0 spiro atoms. The predicted octanol–water partition coefficient (Wildman–Crippen LogP) is 1.27. The van der Waals surface area contributed by atoms with Crippen molar-refractivity contribution < 1.29 is 9.72 Å². The molecule has 1 aromatic rings. The number of para-hydroxylation sites is 1. The number of benzene rings is 1. The molecule has 0 heterocycles. The van der Waals surface area contributed by atoms with Gasteiger partial charge in [0.25, 0.3) is 5.91 Å². The lowest BCUT2D eigenvalue weighted by molar-refractivity contribution is -0.384. The molecule has 110 valence electrons. The van der Waals surface area contributed by atoms with Crippen LogP contribution in [0.2, 0.25) is 0 Å². The van der Waals surface area contributed by atoms with Gasteiger partial charge in [-0.2, -0.15) is 0 Å². The zero-order valence-corrected chi connectivity index (χ0v) is 12.2. The monoisotopic (exact) mass is 280 g/mol. The van der Waals surface area contributed by atoms with E-state index in [0.717, 1.165) is 0 Å². The summed E-state index contributed by atoms with van der Waals surface area (Å²) in [5, 5.41) is 13.9. The normalized spacial score (nSPS) is 10.4. The van der Waals surface area contributed by atoms with E-state index >= 15 is 0 Å². The second-order valence-electron chi connectivity index (χ2n) is 4.74. The number of nitrogens with one attached hydrogen (secondary N) is 1. The van der Waals surface area contributed by atoms with Gasteiger partial charge in [0.05, 0.1) is 4.92 Å². The van der Waals surface area contributed by atoms with Crippen LogP contribution in [0.25, 0.3) is 0 Å². The standard InChI is InChI=1S/C13H20N4O3/c1-14-11-7-5-6-10(12(11)17(19)20)13(18)16(4)9-8-15(2)3/h5-7,14H,8-9H2,1-4H3. The molecule has 0 unspecified atom stereocenters. The van der Waals surface area contributed by atoms with Gasteiger partial charge in [0.15, 0.2) is 0 Å². The molecule has 0 fully saturated rings. The first kappa shape index (κ1) is 15.9. The topological polar surface area (TPSA) is 78.7 Å². The Morgan fingerprint density at radius 2 is 1.95 bits per heavy atom. The maximum Gasteiger partial charge on any atom is 0.305 e. The van der Waals surface area contributed by atoms with Crippen LogP contribution in [-0.2, 0) is 0 Å². The second-order valence-corrected chi connectivity index (χ2v) is 4.74. The summed E-state index contributed by atoms with van der Waals surface area (Å²) in [6.45, 7) is 1.20. The number of likely N-dealkylation sites (N-methyl/N-ethyl adjacent to an activating group) is 2. The third-order valence-electron chi connectivity index (χ3n) is 2.95. The molecule has 7 heteroatoms. The first-order valence-electron chi connectivity index (χ1n) is 6.23. The Balaban J connectivity index is 3.06. The molecule has 7 nitrogen and oxygen atoms in total. The smallest absolute Gasteiger partial charge is 0.305 e. The molecule has 1 aromatic carbocycles. The molecule has 0 radical (unpaired) electrons. The number of amides is 1. The highest BCUT2D eigenvalue weighted by Gasteiger charge is 2.25. The fourth-order valence-corrected chi connectivity index (χ4v) is 1.77.